The van der Waals surface area contributed by atoms with Gasteiger partial charge in [-0.2, -0.15) is 0 Å². The maximum absolute atomic E-state index is 11.9. The van der Waals surface area contributed by atoms with Crippen molar-refractivity contribution in [2.24, 2.45) is 0 Å². The van der Waals surface area contributed by atoms with Gasteiger partial charge in [0.2, 0.25) is 0 Å². The van der Waals surface area contributed by atoms with Crippen molar-refractivity contribution < 1.29 is 9.53 Å². The average Bonchev–Trinajstić information content (AvgIpc) is 2.46. The molecule has 0 radical (unpaired) electrons. The van der Waals surface area contributed by atoms with E-state index in [2.05, 4.69) is 10.3 Å². The van der Waals surface area contributed by atoms with Crippen molar-refractivity contribution >= 4 is 46.4 Å². The van der Waals surface area contributed by atoms with Crippen molar-refractivity contribution in [2.75, 3.05) is 17.7 Å². The van der Waals surface area contributed by atoms with Crippen LogP contribution in [0.4, 0.5) is 17.2 Å². The Morgan fingerprint density at radius 2 is 2.19 bits per heavy atom. The number of carbonyl (C=O) groups excluding carboxylic acids is 1. The first kappa shape index (κ1) is 15.4. The fourth-order valence-electron chi connectivity index (χ4n) is 1.67. The van der Waals surface area contributed by atoms with Gasteiger partial charge in [-0.25, -0.2) is 9.78 Å². The van der Waals surface area contributed by atoms with Gasteiger partial charge in [-0.3, -0.25) is 0 Å². The van der Waals surface area contributed by atoms with Crippen LogP contribution in [0.15, 0.2) is 30.5 Å². The second kappa shape index (κ2) is 6.65. The average molecular weight is 326 g/mol. The van der Waals surface area contributed by atoms with E-state index in [-0.39, 0.29) is 12.2 Å². The molecule has 0 amide bonds. The van der Waals surface area contributed by atoms with Crippen LogP contribution in [0.1, 0.15) is 17.3 Å². The summed E-state index contributed by atoms with van der Waals surface area (Å²) < 4.78 is 4.98. The summed E-state index contributed by atoms with van der Waals surface area (Å²) >= 11 is 12.1. The highest BCUT2D eigenvalue weighted by atomic mass is 35.5. The number of carbonyl (C=O) groups is 1. The topological polar surface area (TPSA) is 77.2 Å². The van der Waals surface area contributed by atoms with E-state index in [1.54, 1.807) is 25.1 Å². The van der Waals surface area contributed by atoms with Crippen LogP contribution in [0.3, 0.4) is 0 Å². The van der Waals surface area contributed by atoms with Gasteiger partial charge in [0.15, 0.2) is 0 Å². The molecule has 5 nitrogen and oxygen atoms in total. The molecule has 0 bridgehead atoms. The van der Waals surface area contributed by atoms with E-state index in [4.69, 9.17) is 33.7 Å². The van der Waals surface area contributed by atoms with Crippen LogP contribution in [0.25, 0.3) is 0 Å². The number of halogens is 2. The smallest absolute Gasteiger partial charge is 0.341 e. The zero-order chi connectivity index (χ0) is 15.4. The number of ether oxygens (including phenoxy) is 1. The third-order valence-electron chi connectivity index (χ3n) is 2.61. The highest BCUT2D eigenvalue weighted by molar-refractivity contribution is 6.43. The van der Waals surface area contributed by atoms with Crippen LogP contribution in [0.2, 0.25) is 10.0 Å². The van der Waals surface area contributed by atoms with Gasteiger partial charge in [0.05, 0.1) is 34.2 Å². The fraction of sp³-hybridized carbons (Fsp3) is 0.143. The minimum atomic E-state index is -0.516. The summed E-state index contributed by atoms with van der Waals surface area (Å²) in [4.78, 5) is 16.1. The van der Waals surface area contributed by atoms with Gasteiger partial charge in [0.1, 0.15) is 11.4 Å². The third-order valence-corrected chi connectivity index (χ3v) is 3.43. The predicted molar refractivity (Wildman–Crippen MR) is 84.4 cm³/mol. The number of nitrogen functional groups attached to an aromatic ring is 1. The zero-order valence-electron chi connectivity index (χ0n) is 11.2. The number of nitrogens with zero attached hydrogens (tertiary/aromatic N) is 1. The lowest BCUT2D eigenvalue weighted by atomic mass is 10.2. The highest BCUT2D eigenvalue weighted by Gasteiger charge is 2.16. The summed E-state index contributed by atoms with van der Waals surface area (Å²) in [7, 11) is 0. The van der Waals surface area contributed by atoms with Crippen molar-refractivity contribution in [3.8, 4) is 0 Å². The van der Waals surface area contributed by atoms with Gasteiger partial charge in [0, 0.05) is 0 Å². The molecule has 110 valence electrons. The van der Waals surface area contributed by atoms with Gasteiger partial charge < -0.3 is 15.8 Å². The monoisotopic (exact) mass is 325 g/mol. The van der Waals surface area contributed by atoms with Crippen LogP contribution < -0.4 is 11.1 Å². The van der Waals surface area contributed by atoms with Crippen LogP contribution in [-0.4, -0.2) is 17.6 Å². The van der Waals surface area contributed by atoms with Gasteiger partial charge >= 0.3 is 5.97 Å². The summed E-state index contributed by atoms with van der Waals surface area (Å²) in [6.45, 7) is 1.98. The van der Waals surface area contributed by atoms with Crippen molar-refractivity contribution in [1.82, 2.24) is 4.98 Å². The molecule has 0 fully saturated rings. The molecule has 0 aliphatic heterocycles. The van der Waals surface area contributed by atoms with Gasteiger partial charge in [-0.1, -0.05) is 29.3 Å². The second-order valence-corrected chi connectivity index (χ2v) is 4.90. The van der Waals surface area contributed by atoms with E-state index in [9.17, 15) is 4.79 Å². The number of benzene rings is 1. The molecule has 0 saturated heterocycles. The summed E-state index contributed by atoms with van der Waals surface area (Å²) in [5.74, 6) is -0.218. The third kappa shape index (κ3) is 3.56. The van der Waals surface area contributed by atoms with Gasteiger partial charge in [0.25, 0.3) is 0 Å². The van der Waals surface area contributed by atoms with Crippen LogP contribution >= 0.6 is 23.2 Å². The van der Waals surface area contributed by atoms with E-state index in [0.29, 0.717) is 27.2 Å². The maximum atomic E-state index is 11.9. The SMILES string of the molecule is CCOC(=O)c1cc(N)cnc1Nc1cccc(Cl)c1Cl. The number of nitrogens with two attached hydrogens (primary N) is 1. The Morgan fingerprint density at radius 3 is 2.90 bits per heavy atom. The molecule has 0 atom stereocenters. The standard InChI is InChI=1S/C14H13Cl2N3O2/c1-2-21-14(20)9-6-8(17)7-18-13(9)19-11-5-3-4-10(15)12(11)16/h3-7H,2,17H2,1H3,(H,18,19). The molecular weight excluding hydrogens is 313 g/mol. The van der Waals surface area contributed by atoms with E-state index in [1.165, 1.54) is 12.3 Å². The number of rotatable bonds is 4. The molecule has 1 heterocycles. The van der Waals surface area contributed by atoms with E-state index in [0.717, 1.165) is 0 Å². The van der Waals surface area contributed by atoms with E-state index in [1.807, 2.05) is 0 Å². The Kier molecular flexibility index (Phi) is 4.88. The van der Waals surface area contributed by atoms with Gasteiger partial charge in [-0.05, 0) is 25.1 Å². The molecule has 21 heavy (non-hydrogen) atoms. The molecule has 0 saturated carbocycles. The zero-order valence-corrected chi connectivity index (χ0v) is 12.7. The first-order chi connectivity index (χ1) is 10.0. The quantitative estimate of drug-likeness (QED) is 0.834. The summed E-state index contributed by atoms with van der Waals surface area (Å²) in [6.07, 6.45) is 1.43. The highest BCUT2D eigenvalue weighted by Crippen LogP contribution is 2.32. The van der Waals surface area contributed by atoms with Crippen molar-refractivity contribution in [2.45, 2.75) is 6.92 Å². The van der Waals surface area contributed by atoms with E-state index < -0.39 is 5.97 Å². The number of anilines is 3. The minimum absolute atomic E-state index is 0.230. The number of hydrogen-bond acceptors (Lipinski definition) is 5. The van der Waals surface area contributed by atoms with E-state index >= 15 is 0 Å². The molecule has 1 aromatic carbocycles. The summed E-state index contributed by atoms with van der Waals surface area (Å²) in [6, 6.07) is 6.61. The largest absolute Gasteiger partial charge is 0.462 e. The number of esters is 1. The normalized spacial score (nSPS) is 10.2. The molecule has 3 N–H and O–H groups in total. The van der Waals surface area contributed by atoms with Gasteiger partial charge in [-0.15, -0.1) is 0 Å². The van der Waals surface area contributed by atoms with Crippen molar-refractivity contribution in [1.29, 1.82) is 0 Å². The van der Waals surface area contributed by atoms with Crippen molar-refractivity contribution in [3.05, 3.63) is 46.1 Å². The molecule has 2 aromatic rings. The Hall–Kier alpha value is -1.98. The van der Waals surface area contributed by atoms with Crippen LogP contribution in [0.5, 0.6) is 0 Å². The second-order valence-electron chi connectivity index (χ2n) is 4.11. The van der Waals surface area contributed by atoms with Crippen LogP contribution in [-0.2, 0) is 4.74 Å². The Balaban J connectivity index is 2.40. The minimum Gasteiger partial charge on any atom is -0.462 e. The Bertz CT molecular complexity index is 677. The molecule has 2 rings (SSSR count). The number of pyridine rings is 1. The Labute approximate surface area is 132 Å². The van der Waals surface area contributed by atoms with Crippen LogP contribution in [0, 0.1) is 0 Å². The summed E-state index contributed by atoms with van der Waals surface area (Å²) in [5, 5.41) is 3.70. The Morgan fingerprint density at radius 1 is 1.43 bits per heavy atom. The molecule has 7 heteroatoms. The lowest BCUT2D eigenvalue weighted by molar-refractivity contribution is 0.0527. The first-order valence-electron chi connectivity index (χ1n) is 6.16. The molecule has 0 aliphatic rings. The predicted octanol–water partition coefficient (Wildman–Crippen LogP) is 3.89. The lowest BCUT2D eigenvalue weighted by Gasteiger charge is -2.12. The molecule has 1 aromatic heterocycles. The molecular formula is C14H13Cl2N3O2. The fourth-order valence-corrected chi connectivity index (χ4v) is 2.02. The number of aromatic nitrogens is 1. The maximum Gasteiger partial charge on any atom is 0.341 e. The number of nitrogens with one attached hydrogen (secondary N) is 1. The lowest BCUT2D eigenvalue weighted by Crippen LogP contribution is -2.10. The molecule has 0 unspecified atom stereocenters. The first-order valence-corrected chi connectivity index (χ1v) is 6.92. The van der Waals surface area contributed by atoms with Crippen molar-refractivity contribution in [3.63, 3.8) is 0 Å². The summed E-state index contributed by atoms with van der Waals surface area (Å²) in [5.41, 5.74) is 6.79. The number of hydrogen-bond donors (Lipinski definition) is 2. The molecule has 0 spiro atoms. The molecule has 0 aliphatic carbocycles.